The number of carbonyl (C=O) groups is 1. The lowest BCUT2D eigenvalue weighted by Gasteiger charge is -2.41. The molecular formula is C23H26N6O. The van der Waals surface area contributed by atoms with Crippen LogP contribution in [0.4, 0.5) is 5.95 Å². The molecule has 154 valence electrons. The zero-order valence-electron chi connectivity index (χ0n) is 17.6. The number of anilines is 1. The summed E-state index contributed by atoms with van der Waals surface area (Å²) in [6.07, 6.45) is 2.11. The van der Waals surface area contributed by atoms with E-state index in [2.05, 4.69) is 20.0 Å². The van der Waals surface area contributed by atoms with Gasteiger partial charge in [-0.3, -0.25) is 4.79 Å². The Balaban J connectivity index is 1.41. The third-order valence-electron chi connectivity index (χ3n) is 6.02. The molecule has 2 saturated heterocycles. The van der Waals surface area contributed by atoms with Crippen LogP contribution in [0.25, 0.3) is 5.69 Å². The van der Waals surface area contributed by atoms with Gasteiger partial charge in [-0.25, -0.2) is 14.6 Å². The van der Waals surface area contributed by atoms with Gasteiger partial charge in [-0.15, -0.1) is 0 Å². The van der Waals surface area contributed by atoms with Gasteiger partial charge >= 0.3 is 0 Å². The van der Waals surface area contributed by atoms with Gasteiger partial charge in [0.15, 0.2) is 0 Å². The molecule has 2 atom stereocenters. The molecule has 5 rings (SSSR count). The maximum absolute atomic E-state index is 13.5. The fraction of sp³-hybridized carbons (Fsp3) is 0.391. The molecule has 0 N–H and O–H groups in total. The van der Waals surface area contributed by atoms with Crippen molar-refractivity contribution in [3.63, 3.8) is 0 Å². The molecular weight excluding hydrogens is 376 g/mol. The standard InChI is InChI=1S/C23H26N6O/c1-15-11-16(2)25-23(24-15)28-19-9-10-20(28)14-27(13-19)22(30)21-12-17(3)26-29(21)18-7-5-4-6-8-18/h4-8,11-12,19-20H,9-10,13-14H2,1-3H3. The van der Waals surface area contributed by atoms with E-state index in [4.69, 9.17) is 0 Å². The van der Waals surface area contributed by atoms with Crippen molar-refractivity contribution < 1.29 is 4.79 Å². The van der Waals surface area contributed by atoms with Crippen molar-refractivity contribution >= 4 is 11.9 Å². The fourth-order valence-corrected chi connectivity index (χ4v) is 4.80. The van der Waals surface area contributed by atoms with Crippen LogP contribution >= 0.6 is 0 Å². The summed E-state index contributed by atoms with van der Waals surface area (Å²) in [6, 6.07) is 14.2. The number of aryl methyl sites for hydroxylation is 3. The molecule has 2 aliphatic heterocycles. The van der Waals surface area contributed by atoms with E-state index in [9.17, 15) is 4.79 Å². The molecule has 30 heavy (non-hydrogen) atoms. The number of carbonyl (C=O) groups excluding carboxylic acids is 1. The van der Waals surface area contributed by atoms with Gasteiger partial charge in [0.1, 0.15) is 5.69 Å². The molecule has 1 aromatic carbocycles. The third-order valence-corrected chi connectivity index (χ3v) is 6.02. The van der Waals surface area contributed by atoms with Crippen LogP contribution < -0.4 is 4.90 Å². The minimum absolute atomic E-state index is 0.0392. The van der Waals surface area contributed by atoms with Crippen LogP contribution in [0.5, 0.6) is 0 Å². The highest BCUT2D eigenvalue weighted by Crippen LogP contribution is 2.34. The highest BCUT2D eigenvalue weighted by molar-refractivity contribution is 5.93. The maximum atomic E-state index is 13.5. The van der Waals surface area contributed by atoms with Crippen molar-refractivity contribution in [3.8, 4) is 5.69 Å². The number of benzene rings is 1. The number of hydrogen-bond acceptors (Lipinski definition) is 5. The molecule has 0 aliphatic carbocycles. The minimum atomic E-state index is 0.0392. The van der Waals surface area contributed by atoms with Gasteiger partial charge in [-0.2, -0.15) is 5.10 Å². The Kier molecular flexibility index (Phi) is 4.53. The van der Waals surface area contributed by atoms with Crippen molar-refractivity contribution in [2.75, 3.05) is 18.0 Å². The molecule has 0 saturated carbocycles. The molecule has 7 nitrogen and oxygen atoms in total. The smallest absolute Gasteiger partial charge is 0.272 e. The Morgan fingerprint density at radius 2 is 1.53 bits per heavy atom. The highest BCUT2D eigenvalue weighted by atomic mass is 16.2. The Hall–Kier alpha value is -3.22. The molecule has 2 fully saturated rings. The Bertz CT molecular complexity index is 1060. The number of piperazine rings is 1. The van der Waals surface area contributed by atoms with Gasteiger partial charge in [0.05, 0.1) is 11.4 Å². The predicted molar refractivity (Wildman–Crippen MR) is 115 cm³/mol. The molecule has 7 heteroatoms. The van der Waals surface area contributed by atoms with E-state index in [1.165, 1.54) is 0 Å². The lowest BCUT2D eigenvalue weighted by Crippen LogP contribution is -2.56. The molecule has 4 heterocycles. The monoisotopic (exact) mass is 402 g/mol. The largest absolute Gasteiger partial charge is 0.333 e. The van der Waals surface area contributed by atoms with E-state index in [-0.39, 0.29) is 18.0 Å². The fourth-order valence-electron chi connectivity index (χ4n) is 4.80. The molecule has 2 aromatic heterocycles. The van der Waals surface area contributed by atoms with Crippen molar-refractivity contribution in [2.24, 2.45) is 0 Å². The molecule has 0 radical (unpaired) electrons. The van der Waals surface area contributed by atoms with Gasteiger partial charge < -0.3 is 9.80 Å². The number of amides is 1. The third kappa shape index (κ3) is 3.24. The van der Waals surface area contributed by atoms with Gasteiger partial charge in [0.25, 0.3) is 5.91 Å². The SMILES string of the molecule is Cc1cc(C)nc(N2C3CCC2CN(C(=O)c2cc(C)nn2-c2ccccc2)C3)n1. The number of rotatable bonds is 3. The topological polar surface area (TPSA) is 67.2 Å². The number of para-hydroxylation sites is 1. The Morgan fingerprint density at radius 1 is 0.900 bits per heavy atom. The second kappa shape index (κ2) is 7.23. The average molecular weight is 403 g/mol. The van der Waals surface area contributed by atoms with Gasteiger partial charge in [-0.05, 0) is 57.9 Å². The molecule has 2 aliphatic rings. The maximum Gasteiger partial charge on any atom is 0.272 e. The summed E-state index contributed by atoms with van der Waals surface area (Å²) in [7, 11) is 0. The zero-order chi connectivity index (χ0) is 20.8. The highest BCUT2D eigenvalue weighted by Gasteiger charge is 2.43. The van der Waals surface area contributed by atoms with Crippen LogP contribution in [0, 0.1) is 20.8 Å². The summed E-state index contributed by atoms with van der Waals surface area (Å²) in [5, 5.41) is 4.57. The summed E-state index contributed by atoms with van der Waals surface area (Å²) >= 11 is 0. The van der Waals surface area contributed by atoms with E-state index < -0.39 is 0 Å². The Morgan fingerprint density at radius 3 is 2.17 bits per heavy atom. The molecule has 1 amide bonds. The quantitative estimate of drug-likeness (QED) is 0.674. The van der Waals surface area contributed by atoms with Crippen molar-refractivity contribution in [2.45, 2.75) is 45.7 Å². The van der Waals surface area contributed by atoms with Gasteiger partial charge in [0, 0.05) is 36.6 Å². The van der Waals surface area contributed by atoms with Crippen LogP contribution in [0.1, 0.15) is 40.4 Å². The van der Waals surface area contributed by atoms with E-state index in [0.29, 0.717) is 18.8 Å². The van der Waals surface area contributed by atoms with Crippen LogP contribution in [-0.4, -0.2) is 55.7 Å². The first-order chi connectivity index (χ1) is 14.5. The Labute approximate surface area is 176 Å². The molecule has 0 spiro atoms. The summed E-state index contributed by atoms with van der Waals surface area (Å²) < 4.78 is 1.76. The zero-order valence-corrected chi connectivity index (χ0v) is 17.6. The van der Waals surface area contributed by atoms with Crippen molar-refractivity contribution in [1.82, 2.24) is 24.6 Å². The van der Waals surface area contributed by atoms with Gasteiger partial charge in [-0.1, -0.05) is 18.2 Å². The number of aromatic nitrogens is 4. The predicted octanol–water partition coefficient (Wildman–Crippen LogP) is 3.08. The minimum Gasteiger partial charge on any atom is -0.333 e. The van der Waals surface area contributed by atoms with Crippen LogP contribution in [0.2, 0.25) is 0 Å². The number of fused-ring (bicyclic) bond motifs is 2. The normalized spacial score (nSPS) is 20.6. The van der Waals surface area contributed by atoms with E-state index in [1.54, 1.807) is 4.68 Å². The number of hydrogen-bond donors (Lipinski definition) is 0. The first-order valence-corrected chi connectivity index (χ1v) is 10.5. The molecule has 2 unspecified atom stereocenters. The van der Waals surface area contributed by atoms with Crippen LogP contribution in [0.15, 0.2) is 42.5 Å². The molecule has 2 bridgehead atoms. The summed E-state index contributed by atoms with van der Waals surface area (Å²) in [5.41, 5.74) is 4.33. The number of likely N-dealkylation sites (tertiary alicyclic amines) is 1. The number of nitrogens with zero attached hydrogens (tertiary/aromatic N) is 6. The van der Waals surface area contributed by atoms with Crippen LogP contribution in [-0.2, 0) is 0 Å². The summed E-state index contributed by atoms with van der Waals surface area (Å²) in [5.74, 6) is 0.842. The van der Waals surface area contributed by atoms with Gasteiger partial charge in [0.2, 0.25) is 5.95 Å². The van der Waals surface area contributed by atoms with Crippen LogP contribution in [0.3, 0.4) is 0 Å². The second-order valence-electron chi connectivity index (χ2n) is 8.37. The van der Waals surface area contributed by atoms with E-state index in [1.807, 2.05) is 68.1 Å². The molecule has 3 aromatic rings. The lowest BCUT2D eigenvalue weighted by atomic mass is 10.1. The van der Waals surface area contributed by atoms with E-state index in [0.717, 1.165) is 41.6 Å². The first-order valence-electron chi connectivity index (χ1n) is 10.5. The second-order valence-corrected chi connectivity index (χ2v) is 8.37. The summed E-state index contributed by atoms with van der Waals surface area (Å²) in [6.45, 7) is 7.31. The lowest BCUT2D eigenvalue weighted by molar-refractivity contribution is 0.0707. The summed E-state index contributed by atoms with van der Waals surface area (Å²) in [4.78, 5) is 27.2. The van der Waals surface area contributed by atoms with E-state index >= 15 is 0 Å². The first kappa shape index (κ1) is 18.8. The average Bonchev–Trinajstić information content (AvgIpc) is 3.24. The van der Waals surface area contributed by atoms with Crippen molar-refractivity contribution in [3.05, 3.63) is 65.2 Å². The van der Waals surface area contributed by atoms with Crippen molar-refractivity contribution in [1.29, 1.82) is 0 Å².